The summed E-state index contributed by atoms with van der Waals surface area (Å²) in [6, 6.07) is 3.65. The number of piperidine rings is 1. The Labute approximate surface area is 157 Å². The molecular weight excluding hydrogens is 358 g/mol. The summed E-state index contributed by atoms with van der Waals surface area (Å²) in [4.78, 5) is 26.0. The van der Waals surface area contributed by atoms with Crippen LogP contribution in [0.4, 0.5) is 0 Å². The van der Waals surface area contributed by atoms with Gasteiger partial charge < -0.3 is 19.1 Å². The number of esters is 1. The molecule has 3 rings (SSSR count). The number of hydrogen-bond acceptors (Lipinski definition) is 5. The van der Waals surface area contributed by atoms with Gasteiger partial charge in [0.1, 0.15) is 0 Å². The van der Waals surface area contributed by atoms with Crippen LogP contribution in [-0.2, 0) is 14.3 Å². The van der Waals surface area contributed by atoms with E-state index < -0.39 is 5.97 Å². The average molecular weight is 380 g/mol. The Balaban J connectivity index is 1.53. The van der Waals surface area contributed by atoms with Crippen LogP contribution in [-0.4, -0.2) is 42.8 Å². The van der Waals surface area contributed by atoms with Crippen molar-refractivity contribution in [1.29, 1.82) is 0 Å². The van der Waals surface area contributed by atoms with E-state index in [1.165, 1.54) is 6.08 Å². The summed E-state index contributed by atoms with van der Waals surface area (Å²) in [6.45, 7) is 2.70. The molecule has 1 atom stereocenters. The molecule has 1 aromatic rings. The second kappa shape index (κ2) is 8.45. The van der Waals surface area contributed by atoms with Crippen molar-refractivity contribution in [1.82, 2.24) is 4.90 Å². The Morgan fingerprint density at radius 3 is 3.00 bits per heavy atom. The summed E-state index contributed by atoms with van der Waals surface area (Å²) in [5.74, 6) is 0.335. The second-order valence-electron chi connectivity index (χ2n) is 6.32. The van der Waals surface area contributed by atoms with Gasteiger partial charge in [-0.25, -0.2) is 4.79 Å². The van der Waals surface area contributed by atoms with Crippen LogP contribution in [0.3, 0.4) is 0 Å². The number of nitrogens with zero attached hydrogens (tertiary/aromatic N) is 1. The molecule has 1 fully saturated rings. The molecule has 2 heterocycles. The lowest BCUT2D eigenvalue weighted by Gasteiger charge is -2.35. The Bertz CT molecular complexity index is 718. The van der Waals surface area contributed by atoms with Crippen LogP contribution in [0.5, 0.6) is 11.5 Å². The van der Waals surface area contributed by atoms with Gasteiger partial charge in [0.15, 0.2) is 18.1 Å². The maximum Gasteiger partial charge on any atom is 0.331 e. The minimum absolute atomic E-state index is 0.127. The van der Waals surface area contributed by atoms with Crippen LogP contribution in [0, 0.1) is 0 Å². The van der Waals surface area contributed by atoms with E-state index in [4.69, 9.17) is 25.8 Å². The minimum atomic E-state index is -0.572. The number of carbonyl (C=O) groups is 2. The van der Waals surface area contributed by atoms with Gasteiger partial charge >= 0.3 is 5.97 Å². The third kappa shape index (κ3) is 4.30. The van der Waals surface area contributed by atoms with Gasteiger partial charge in [-0.2, -0.15) is 0 Å². The fourth-order valence-corrected chi connectivity index (χ4v) is 3.54. The smallest absolute Gasteiger partial charge is 0.331 e. The van der Waals surface area contributed by atoms with Crippen molar-refractivity contribution >= 4 is 29.6 Å². The highest BCUT2D eigenvalue weighted by molar-refractivity contribution is 6.32. The van der Waals surface area contributed by atoms with Crippen molar-refractivity contribution in [2.75, 3.05) is 19.9 Å². The average Bonchev–Trinajstić information content (AvgIpc) is 3.13. The summed E-state index contributed by atoms with van der Waals surface area (Å²) < 4.78 is 15.6. The molecule has 0 spiro atoms. The van der Waals surface area contributed by atoms with Gasteiger partial charge in [0, 0.05) is 18.7 Å². The number of amides is 1. The number of rotatable bonds is 5. The standard InChI is InChI=1S/C19H22ClNO5/c1-2-14-5-3-4-8-21(14)17(22)11-24-18(23)7-6-13-9-15(20)19-16(10-13)25-12-26-19/h6-7,9-10,14H,2-5,8,11-12H2,1H3/b7-6+/t14-/m1/s1. The van der Waals surface area contributed by atoms with E-state index in [-0.39, 0.29) is 25.3 Å². The van der Waals surface area contributed by atoms with Crippen LogP contribution < -0.4 is 9.47 Å². The zero-order valence-corrected chi connectivity index (χ0v) is 15.5. The molecule has 0 N–H and O–H groups in total. The zero-order valence-electron chi connectivity index (χ0n) is 14.7. The van der Waals surface area contributed by atoms with Crippen LogP contribution >= 0.6 is 11.6 Å². The van der Waals surface area contributed by atoms with E-state index in [1.807, 2.05) is 4.90 Å². The number of ether oxygens (including phenoxy) is 3. The number of likely N-dealkylation sites (tertiary alicyclic amines) is 1. The summed E-state index contributed by atoms with van der Waals surface area (Å²) in [5.41, 5.74) is 0.685. The molecule has 2 aliphatic heterocycles. The molecule has 0 aromatic heterocycles. The second-order valence-corrected chi connectivity index (χ2v) is 6.73. The monoisotopic (exact) mass is 379 g/mol. The zero-order chi connectivity index (χ0) is 18.5. The first-order valence-corrected chi connectivity index (χ1v) is 9.19. The molecule has 0 bridgehead atoms. The molecule has 0 radical (unpaired) electrons. The molecular formula is C19H22ClNO5. The van der Waals surface area contributed by atoms with Crippen LogP contribution in [0.1, 0.15) is 38.2 Å². The Morgan fingerprint density at radius 1 is 1.35 bits per heavy atom. The van der Waals surface area contributed by atoms with Crippen molar-refractivity contribution in [3.63, 3.8) is 0 Å². The summed E-state index contributed by atoms with van der Waals surface area (Å²) in [6.07, 6.45) is 6.92. The largest absolute Gasteiger partial charge is 0.454 e. The van der Waals surface area contributed by atoms with Gasteiger partial charge in [0.25, 0.3) is 5.91 Å². The van der Waals surface area contributed by atoms with Crippen molar-refractivity contribution in [3.05, 3.63) is 28.8 Å². The van der Waals surface area contributed by atoms with Crippen LogP contribution in [0.25, 0.3) is 6.08 Å². The van der Waals surface area contributed by atoms with E-state index in [1.54, 1.807) is 18.2 Å². The van der Waals surface area contributed by atoms with E-state index in [0.717, 1.165) is 32.2 Å². The summed E-state index contributed by atoms with van der Waals surface area (Å²) >= 11 is 6.10. The molecule has 1 aromatic carbocycles. The number of fused-ring (bicyclic) bond motifs is 1. The third-order valence-corrected chi connectivity index (χ3v) is 4.90. The molecule has 0 unspecified atom stereocenters. The lowest BCUT2D eigenvalue weighted by atomic mass is 10.00. The van der Waals surface area contributed by atoms with Gasteiger partial charge in [-0.15, -0.1) is 0 Å². The molecule has 7 heteroatoms. The van der Waals surface area contributed by atoms with Crippen LogP contribution in [0.15, 0.2) is 18.2 Å². The highest BCUT2D eigenvalue weighted by atomic mass is 35.5. The fraction of sp³-hybridized carbons (Fsp3) is 0.474. The molecule has 1 amide bonds. The van der Waals surface area contributed by atoms with E-state index in [2.05, 4.69) is 6.92 Å². The van der Waals surface area contributed by atoms with E-state index in [9.17, 15) is 9.59 Å². The van der Waals surface area contributed by atoms with Gasteiger partial charge in [-0.3, -0.25) is 4.79 Å². The van der Waals surface area contributed by atoms with E-state index >= 15 is 0 Å². The van der Waals surface area contributed by atoms with Gasteiger partial charge in [0.2, 0.25) is 6.79 Å². The molecule has 1 saturated heterocycles. The fourth-order valence-electron chi connectivity index (χ4n) is 3.27. The maximum absolute atomic E-state index is 12.3. The number of benzene rings is 1. The predicted molar refractivity (Wildman–Crippen MR) is 97.2 cm³/mol. The number of carbonyl (C=O) groups excluding carboxylic acids is 2. The van der Waals surface area contributed by atoms with Crippen molar-refractivity contribution < 1.29 is 23.8 Å². The molecule has 26 heavy (non-hydrogen) atoms. The Kier molecular flexibility index (Phi) is 6.04. The van der Waals surface area contributed by atoms with Gasteiger partial charge in [-0.05, 0) is 49.5 Å². The van der Waals surface area contributed by atoms with Crippen molar-refractivity contribution in [2.24, 2.45) is 0 Å². The topological polar surface area (TPSA) is 65.1 Å². The Hall–Kier alpha value is -2.21. The summed E-state index contributed by atoms with van der Waals surface area (Å²) in [7, 11) is 0. The summed E-state index contributed by atoms with van der Waals surface area (Å²) in [5, 5.41) is 0.416. The van der Waals surface area contributed by atoms with Gasteiger partial charge in [-0.1, -0.05) is 18.5 Å². The number of hydrogen-bond donors (Lipinski definition) is 0. The SMILES string of the molecule is CC[C@@H]1CCCCN1C(=O)COC(=O)/C=C/c1cc(Cl)c2c(c1)OCO2. The normalized spacial score (nSPS) is 19.0. The quantitative estimate of drug-likeness (QED) is 0.579. The Morgan fingerprint density at radius 2 is 2.19 bits per heavy atom. The molecule has 0 saturated carbocycles. The maximum atomic E-state index is 12.3. The third-order valence-electron chi connectivity index (χ3n) is 4.62. The lowest BCUT2D eigenvalue weighted by Crippen LogP contribution is -2.45. The van der Waals surface area contributed by atoms with E-state index in [0.29, 0.717) is 22.1 Å². The molecule has 6 nitrogen and oxygen atoms in total. The van der Waals surface area contributed by atoms with Crippen LogP contribution in [0.2, 0.25) is 5.02 Å². The number of halogens is 1. The predicted octanol–water partition coefficient (Wildman–Crippen LogP) is 3.42. The minimum Gasteiger partial charge on any atom is -0.454 e. The first kappa shape index (κ1) is 18.6. The molecule has 140 valence electrons. The lowest BCUT2D eigenvalue weighted by molar-refractivity contribution is -0.150. The highest BCUT2D eigenvalue weighted by Gasteiger charge is 2.25. The molecule has 2 aliphatic rings. The molecule has 0 aliphatic carbocycles. The first-order valence-electron chi connectivity index (χ1n) is 8.82. The first-order chi connectivity index (χ1) is 12.6. The van der Waals surface area contributed by atoms with Crippen molar-refractivity contribution in [3.8, 4) is 11.5 Å². The van der Waals surface area contributed by atoms with Crippen molar-refractivity contribution in [2.45, 2.75) is 38.6 Å². The van der Waals surface area contributed by atoms with Gasteiger partial charge in [0.05, 0.1) is 5.02 Å². The highest BCUT2D eigenvalue weighted by Crippen LogP contribution is 2.40.